The first-order chi connectivity index (χ1) is 8.63. The molecule has 0 bridgehead atoms. The summed E-state index contributed by atoms with van der Waals surface area (Å²) in [5.74, 6) is 0.788. The highest BCUT2D eigenvalue weighted by Crippen LogP contribution is 2.25. The third kappa shape index (κ3) is 2.45. The molecule has 0 saturated heterocycles. The molecule has 9 heteroatoms. The summed E-state index contributed by atoms with van der Waals surface area (Å²) in [4.78, 5) is 19.5. The molecule has 4 N–H and O–H groups in total. The predicted molar refractivity (Wildman–Crippen MR) is 68.6 cm³/mol. The topological polar surface area (TPSA) is 115 Å². The first-order valence-corrected chi connectivity index (χ1v) is 6.11. The zero-order valence-electron chi connectivity index (χ0n) is 9.97. The van der Waals surface area contributed by atoms with Gasteiger partial charge in [-0.05, 0) is 18.7 Å². The molecular formula is C9H13N7OS. The van der Waals surface area contributed by atoms with E-state index < -0.39 is 0 Å². The largest absolute Gasteiger partial charge is 0.373 e. The second-order valence-corrected chi connectivity index (χ2v) is 4.34. The summed E-state index contributed by atoms with van der Waals surface area (Å²) in [6, 6.07) is 1.74. The van der Waals surface area contributed by atoms with Gasteiger partial charge in [-0.25, -0.2) is 14.9 Å². The first-order valence-electron chi connectivity index (χ1n) is 5.29. The summed E-state index contributed by atoms with van der Waals surface area (Å²) in [5, 5.41) is 10.4. The second kappa shape index (κ2) is 5.08. The second-order valence-electron chi connectivity index (χ2n) is 3.36. The highest BCUT2D eigenvalue weighted by Gasteiger charge is 2.10. The molecule has 0 atom stereocenters. The van der Waals surface area contributed by atoms with E-state index in [1.165, 1.54) is 16.3 Å². The van der Waals surface area contributed by atoms with Gasteiger partial charge in [-0.1, -0.05) is 0 Å². The number of H-pyrrole nitrogens is 1. The van der Waals surface area contributed by atoms with Crippen LogP contribution in [0.1, 0.15) is 6.92 Å². The number of nitrogens with zero attached hydrogens (tertiary/aromatic N) is 4. The van der Waals surface area contributed by atoms with Crippen molar-refractivity contribution in [3.05, 3.63) is 16.6 Å². The fourth-order valence-corrected chi connectivity index (χ4v) is 2.29. The summed E-state index contributed by atoms with van der Waals surface area (Å²) in [7, 11) is 1.74. The molecule has 0 aromatic carbocycles. The summed E-state index contributed by atoms with van der Waals surface area (Å²) in [6.07, 6.45) is 0. The van der Waals surface area contributed by atoms with Gasteiger partial charge < -0.3 is 11.1 Å². The number of anilines is 2. The van der Waals surface area contributed by atoms with Crippen LogP contribution in [0.3, 0.4) is 0 Å². The van der Waals surface area contributed by atoms with Gasteiger partial charge in [0.1, 0.15) is 10.8 Å². The van der Waals surface area contributed by atoms with Gasteiger partial charge in [0, 0.05) is 19.7 Å². The molecule has 0 unspecified atom stereocenters. The van der Waals surface area contributed by atoms with E-state index in [2.05, 4.69) is 25.5 Å². The zero-order chi connectivity index (χ0) is 13.1. The van der Waals surface area contributed by atoms with Crippen LogP contribution >= 0.6 is 11.8 Å². The van der Waals surface area contributed by atoms with Gasteiger partial charge in [0.2, 0.25) is 5.95 Å². The summed E-state index contributed by atoms with van der Waals surface area (Å²) >= 11 is 1.25. The molecule has 0 spiro atoms. The minimum Gasteiger partial charge on any atom is -0.373 e. The zero-order valence-corrected chi connectivity index (χ0v) is 10.8. The van der Waals surface area contributed by atoms with E-state index in [1.54, 1.807) is 13.1 Å². The van der Waals surface area contributed by atoms with Crippen molar-refractivity contribution in [2.24, 2.45) is 0 Å². The van der Waals surface area contributed by atoms with Gasteiger partial charge >= 0.3 is 5.69 Å². The van der Waals surface area contributed by atoms with Crippen molar-refractivity contribution in [1.82, 2.24) is 24.7 Å². The van der Waals surface area contributed by atoms with E-state index >= 15 is 0 Å². The van der Waals surface area contributed by atoms with Crippen molar-refractivity contribution in [1.29, 1.82) is 0 Å². The normalized spacial score (nSPS) is 10.6. The molecule has 0 amide bonds. The molecule has 18 heavy (non-hydrogen) atoms. The molecule has 2 rings (SSSR count). The Balaban J connectivity index is 2.33. The van der Waals surface area contributed by atoms with Crippen molar-refractivity contribution in [2.45, 2.75) is 23.7 Å². The lowest BCUT2D eigenvalue weighted by molar-refractivity contribution is 0.660. The Kier molecular flexibility index (Phi) is 3.51. The summed E-state index contributed by atoms with van der Waals surface area (Å²) < 4.78 is 1.52. The number of nitrogen functional groups attached to an aromatic ring is 1. The van der Waals surface area contributed by atoms with Crippen LogP contribution < -0.4 is 16.7 Å². The predicted octanol–water partition coefficient (Wildman–Crippen LogP) is 0.156. The van der Waals surface area contributed by atoms with Crippen LogP contribution in [0, 0.1) is 0 Å². The third-order valence-corrected chi connectivity index (χ3v) is 3.12. The molecule has 0 radical (unpaired) electrons. The minimum atomic E-state index is -0.240. The Morgan fingerprint density at radius 3 is 3.00 bits per heavy atom. The highest BCUT2D eigenvalue weighted by molar-refractivity contribution is 7.99. The SMILES string of the molecule is CCn1c(Sc2cc(NC)nc(N)n2)n[nH]c1=O. The van der Waals surface area contributed by atoms with Gasteiger partial charge in [0.05, 0.1) is 0 Å². The fraction of sp³-hybridized carbons (Fsp3) is 0.333. The molecule has 0 aliphatic heterocycles. The first kappa shape index (κ1) is 12.4. The van der Waals surface area contributed by atoms with E-state index in [4.69, 9.17) is 5.73 Å². The van der Waals surface area contributed by atoms with E-state index in [-0.39, 0.29) is 11.6 Å². The number of nitrogens with one attached hydrogen (secondary N) is 2. The maximum absolute atomic E-state index is 11.4. The number of aromatic nitrogens is 5. The lowest BCUT2D eigenvalue weighted by Gasteiger charge is -2.04. The fourth-order valence-electron chi connectivity index (χ4n) is 1.38. The Hall–Kier alpha value is -2.03. The molecule has 0 fully saturated rings. The molecule has 0 saturated carbocycles. The summed E-state index contributed by atoms with van der Waals surface area (Å²) in [6.45, 7) is 2.41. The Morgan fingerprint density at radius 1 is 1.56 bits per heavy atom. The minimum absolute atomic E-state index is 0.172. The lowest BCUT2D eigenvalue weighted by Crippen LogP contribution is -2.16. The van der Waals surface area contributed by atoms with E-state index in [9.17, 15) is 4.79 Å². The van der Waals surface area contributed by atoms with E-state index in [1.807, 2.05) is 6.92 Å². The smallest absolute Gasteiger partial charge is 0.343 e. The van der Waals surface area contributed by atoms with Crippen LogP contribution in [0.15, 0.2) is 21.0 Å². The molecule has 0 aliphatic carbocycles. The Morgan fingerprint density at radius 2 is 2.33 bits per heavy atom. The molecule has 96 valence electrons. The highest BCUT2D eigenvalue weighted by atomic mass is 32.2. The van der Waals surface area contributed by atoms with Crippen LogP contribution in [0.4, 0.5) is 11.8 Å². The third-order valence-electron chi connectivity index (χ3n) is 2.21. The van der Waals surface area contributed by atoms with Crippen LogP contribution in [-0.4, -0.2) is 31.8 Å². The Bertz CT molecular complexity index is 605. The number of rotatable bonds is 4. The Labute approximate surface area is 107 Å². The number of hydrogen-bond acceptors (Lipinski definition) is 7. The standard InChI is InChI=1S/C9H13N7OS/c1-3-16-8(17)14-15-9(16)18-6-4-5(11-2)12-7(10)13-6/h4H,3H2,1-2H3,(H,14,17)(H3,10,11,12,13). The van der Waals surface area contributed by atoms with E-state index in [0.29, 0.717) is 22.5 Å². The molecule has 2 heterocycles. The number of nitrogens with two attached hydrogens (primary N) is 1. The molecule has 2 aromatic rings. The molecular weight excluding hydrogens is 254 g/mol. The van der Waals surface area contributed by atoms with Gasteiger partial charge in [-0.3, -0.25) is 4.57 Å². The van der Waals surface area contributed by atoms with Crippen molar-refractivity contribution in [3.63, 3.8) is 0 Å². The van der Waals surface area contributed by atoms with Crippen LogP contribution in [0.5, 0.6) is 0 Å². The van der Waals surface area contributed by atoms with Crippen LogP contribution in [-0.2, 0) is 6.54 Å². The van der Waals surface area contributed by atoms with Gasteiger partial charge in [0.15, 0.2) is 5.16 Å². The monoisotopic (exact) mass is 267 g/mol. The van der Waals surface area contributed by atoms with Gasteiger partial charge in [-0.2, -0.15) is 4.98 Å². The van der Waals surface area contributed by atoms with Crippen molar-refractivity contribution in [2.75, 3.05) is 18.1 Å². The van der Waals surface area contributed by atoms with Crippen molar-refractivity contribution < 1.29 is 0 Å². The molecule has 0 aliphatic rings. The lowest BCUT2D eigenvalue weighted by atomic mass is 10.6. The number of hydrogen-bond donors (Lipinski definition) is 3. The van der Waals surface area contributed by atoms with Crippen molar-refractivity contribution in [3.8, 4) is 0 Å². The van der Waals surface area contributed by atoms with Gasteiger partial charge in [0.25, 0.3) is 0 Å². The number of aromatic amines is 1. The van der Waals surface area contributed by atoms with E-state index in [0.717, 1.165) is 0 Å². The van der Waals surface area contributed by atoms with Crippen molar-refractivity contribution >= 4 is 23.5 Å². The van der Waals surface area contributed by atoms with Gasteiger partial charge in [-0.15, -0.1) is 5.10 Å². The van der Waals surface area contributed by atoms with Crippen LogP contribution in [0.25, 0.3) is 0 Å². The molecule has 2 aromatic heterocycles. The average Bonchev–Trinajstić information content (AvgIpc) is 2.69. The maximum Gasteiger partial charge on any atom is 0.343 e. The quantitative estimate of drug-likeness (QED) is 0.676. The average molecular weight is 267 g/mol. The summed E-state index contributed by atoms with van der Waals surface area (Å²) in [5.41, 5.74) is 5.35. The molecule has 8 nitrogen and oxygen atoms in total. The van der Waals surface area contributed by atoms with Crippen LogP contribution in [0.2, 0.25) is 0 Å². The maximum atomic E-state index is 11.4.